The Bertz CT molecular complexity index is 258. The van der Waals surface area contributed by atoms with Crippen molar-refractivity contribution in [2.45, 2.75) is 31.4 Å². The molecule has 4 nitrogen and oxygen atoms in total. The minimum absolute atomic E-state index is 0.0484. The van der Waals surface area contributed by atoms with Crippen molar-refractivity contribution < 1.29 is 9.53 Å². The van der Waals surface area contributed by atoms with Gasteiger partial charge in [-0.25, -0.2) is 0 Å². The number of carbonyl (C=O) groups excluding carboxylic acids is 1. The zero-order valence-electron chi connectivity index (χ0n) is 9.65. The van der Waals surface area contributed by atoms with Crippen molar-refractivity contribution in [1.82, 2.24) is 10.2 Å². The van der Waals surface area contributed by atoms with Crippen LogP contribution in [0, 0.1) is 0 Å². The summed E-state index contributed by atoms with van der Waals surface area (Å²) in [6, 6.07) is 0.460. The molecule has 2 fully saturated rings. The van der Waals surface area contributed by atoms with E-state index in [9.17, 15) is 4.79 Å². The molecular weight excluding hydrogens is 204 g/mol. The van der Waals surface area contributed by atoms with Gasteiger partial charge >= 0.3 is 0 Å². The molecule has 1 unspecified atom stereocenters. The fourth-order valence-corrected chi connectivity index (χ4v) is 2.04. The Balaban J connectivity index is 1.81. The molecule has 1 saturated carbocycles. The van der Waals surface area contributed by atoms with Crippen LogP contribution < -0.4 is 5.32 Å². The maximum Gasteiger partial charge on any atom is 0.225 e. The van der Waals surface area contributed by atoms with Crippen LogP contribution in [-0.4, -0.2) is 49.2 Å². The van der Waals surface area contributed by atoms with Crippen LogP contribution in [0.25, 0.3) is 0 Å². The monoisotopic (exact) mass is 224 g/mol. The number of hydrogen-bond donors (Lipinski definition) is 1. The van der Waals surface area contributed by atoms with Crippen molar-refractivity contribution >= 4 is 5.91 Å². The van der Waals surface area contributed by atoms with Gasteiger partial charge in [-0.3, -0.25) is 4.79 Å². The van der Waals surface area contributed by atoms with E-state index in [0.29, 0.717) is 25.6 Å². The number of carbonyl (C=O) groups is 1. The highest BCUT2D eigenvalue weighted by Crippen LogP contribution is 2.27. The van der Waals surface area contributed by atoms with Gasteiger partial charge in [0, 0.05) is 25.7 Å². The normalized spacial score (nSPS) is 25.1. The van der Waals surface area contributed by atoms with Gasteiger partial charge in [0.1, 0.15) is 0 Å². The van der Waals surface area contributed by atoms with Crippen molar-refractivity contribution in [3.8, 4) is 0 Å². The van der Waals surface area contributed by atoms with Gasteiger partial charge in [-0.05, 0) is 12.8 Å². The van der Waals surface area contributed by atoms with Crippen molar-refractivity contribution in [3.63, 3.8) is 0 Å². The molecule has 1 aliphatic carbocycles. The lowest BCUT2D eigenvalue weighted by Crippen LogP contribution is -2.43. The molecule has 16 heavy (non-hydrogen) atoms. The van der Waals surface area contributed by atoms with Crippen LogP contribution in [0.5, 0.6) is 0 Å². The third-order valence-electron chi connectivity index (χ3n) is 3.04. The van der Waals surface area contributed by atoms with Crippen molar-refractivity contribution in [1.29, 1.82) is 0 Å². The largest absolute Gasteiger partial charge is 0.375 e. The molecule has 0 spiro atoms. The molecule has 2 aliphatic rings. The first-order valence-corrected chi connectivity index (χ1v) is 6.04. The van der Waals surface area contributed by atoms with E-state index in [0.717, 1.165) is 25.9 Å². The average molecular weight is 224 g/mol. The Morgan fingerprint density at radius 3 is 2.94 bits per heavy atom. The Hall–Kier alpha value is -0.870. The lowest BCUT2D eigenvalue weighted by Gasteiger charge is -2.27. The molecular formula is C12H20N2O2. The number of amides is 1. The maximum atomic E-state index is 12.1. The van der Waals surface area contributed by atoms with Gasteiger partial charge in [0.25, 0.3) is 0 Å². The molecule has 0 aromatic carbocycles. The zero-order chi connectivity index (χ0) is 11.4. The van der Waals surface area contributed by atoms with Crippen LogP contribution in [0.15, 0.2) is 12.7 Å². The second-order valence-corrected chi connectivity index (χ2v) is 4.47. The summed E-state index contributed by atoms with van der Waals surface area (Å²) < 4.78 is 5.54. The zero-order valence-corrected chi connectivity index (χ0v) is 9.65. The van der Waals surface area contributed by atoms with Crippen LogP contribution in [0.4, 0.5) is 0 Å². The molecule has 1 atom stereocenters. The first-order chi connectivity index (χ1) is 7.81. The number of hydrogen-bond acceptors (Lipinski definition) is 3. The molecule has 90 valence electrons. The highest BCUT2D eigenvalue weighted by atomic mass is 16.5. The van der Waals surface area contributed by atoms with E-state index in [2.05, 4.69) is 11.9 Å². The van der Waals surface area contributed by atoms with Crippen molar-refractivity contribution in [3.05, 3.63) is 12.7 Å². The highest BCUT2D eigenvalue weighted by molar-refractivity contribution is 5.77. The Labute approximate surface area is 96.6 Å². The molecule has 1 amide bonds. The summed E-state index contributed by atoms with van der Waals surface area (Å²) in [5.74, 6) is 0.205. The molecule has 0 bridgehead atoms. The molecule has 0 radical (unpaired) electrons. The van der Waals surface area contributed by atoms with Crippen LogP contribution in [0.2, 0.25) is 0 Å². The SMILES string of the molecule is C=CCN(C(=O)CC1CNCCO1)C1CC1. The topological polar surface area (TPSA) is 41.6 Å². The van der Waals surface area contributed by atoms with Gasteiger partial charge in [-0.15, -0.1) is 6.58 Å². The quantitative estimate of drug-likeness (QED) is 0.693. The van der Waals surface area contributed by atoms with Crippen molar-refractivity contribution in [2.24, 2.45) is 0 Å². The fourth-order valence-electron chi connectivity index (χ4n) is 2.04. The molecule has 0 aromatic rings. The summed E-state index contributed by atoms with van der Waals surface area (Å²) >= 11 is 0. The van der Waals surface area contributed by atoms with Gasteiger partial charge < -0.3 is 15.0 Å². The Morgan fingerprint density at radius 2 is 2.38 bits per heavy atom. The summed E-state index contributed by atoms with van der Waals surface area (Å²) in [5.41, 5.74) is 0. The van der Waals surface area contributed by atoms with Gasteiger partial charge in [-0.2, -0.15) is 0 Å². The van der Waals surface area contributed by atoms with Gasteiger partial charge in [-0.1, -0.05) is 6.08 Å². The van der Waals surface area contributed by atoms with Gasteiger partial charge in [0.15, 0.2) is 0 Å². The maximum absolute atomic E-state index is 12.1. The summed E-state index contributed by atoms with van der Waals surface area (Å²) in [4.78, 5) is 14.0. The summed E-state index contributed by atoms with van der Waals surface area (Å²) in [6.45, 7) is 6.77. The average Bonchev–Trinajstić information content (AvgIpc) is 3.11. The number of nitrogens with zero attached hydrogens (tertiary/aromatic N) is 1. The lowest BCUT2D eigenvalue weighted by atomic mass is 10.2. The smallest absolute Gasteiger partial charge is 0.225 e. The predicted molar refractivity (Wildman–Crippen MR) is 62.2 cm³/mol. The van der Waals surface area contributed by atoms with Crippen molar-refractivity contribution in [2.75, 3.05) is 26.2 Å². The second-order valence-electron chi connectivity index (χ2n) is 4.47. The minimum atomic E-state index is 0.0484. The number of nitrogens with one attached hydrogen (secondary N) is 1. The van der Waals surface area contributed by atoms with E-state index >= 15 is 0 Å². The van der Waals surface area contributed by atoms with E-state index in [1.165, 1.54) is 0 Å². The first-order valence-electron chi connectivity index (χ1n) is 6.04. The van der Waals surface area contributed by atoms with Crippen LogP contribution >= 0.6 is 0 Å². The number of ether oxygens (including phenoxy) is 1. The lowest BCUT2D eigenvalue weighted by molar-refractivity contribution is -0.134. The van der Waals surface area contributed by atoms with E-state index in [1.54, 1.807) is 6.08 Å². The van der Waals surface area contributed by atoms with Gasteiger partial charge in [0.2, 0.25) is 5.91 Å². The molecule has 1 saturated heterocycles. The van der Waals surface area contributed by atoms with E-state index in [1.807, 2.05) is 4.90 Å². The molecule has 1 N–H and O–H groups in total. The van der Waals surface area contributed by atoms with E-state index in [4.69, 9.17) is 4.74 Å². The molecule has 2 rings (SSSR count). The predicted octanol–water partition coefficient (Wildman–Crippen LogP) is 0.542. The first kappa shape index (κ1) is 11.6. The summed E-state index contributed by atoms with van der Waals surface area (Å²) in [5, 5.41) is 3.24. The van der Waals surface area contributed by atoms with Crippen LogP contribution in [0.3, 0.4) is 0 Å². The molecule has 1 heterocycles. The minimum Gasteiger partial charge on any atom is -0.375 e. The molecule has 4 heteroatoms. The third-order valence-corrected chi connectivity index (χ3v) is 3.04. The summed E-state index contributed by atoms with van der Waals surface area (Å²) in [6.07, 6.45) is 4.63. The fraction of sp³-hybridized carbons (Fsp3) is 0.750. The summed E-state index contributed by atoms with van der Waals surface area (Å²) in [7, 11) is 0. The molecule has 1 aliphatic heterocycles. The van der Waals surface area contributed by atoms with Crippen LogP contribution in [0.1, 0.15) is 19.3 Å². The van der Waals surface area contributed by atoms with Gasteiger partial charge in [0.05, 0.1) is 19.1 Å². The second kappa shape index (κ2) is 5.46. The Kier molecular flexibility index (Phi) is 3.96. The Morgan fingerprint density at radius 1 is 1.56 bits per heavy atom. The van der Waals surface area contributed by atoms with E-state index in [-0.39, 0.29) is 12.0 Å². The van der Waals surface area contributed by atoms with Crippen LogP contribution in [-0.2, 0) is 9.53 Å². The van der Waals surface area contributed by atoms with E-state index < -0.39 is 0 Å². The number of rotatable bonds is 5. The third kappa shape index (κ3) is 3.06. The molecule has 0 aromatic heterocycles. The highest BCUT2D eigenvalue weighted by Gasteiger charge is 2.32. The number of morpholine rings is 1. The standard InChI is InChI=1S/C12H20N2O2/c1-2-6-14(10-3-4-10)12(15)8-11-9-13-5-7-16-11/h2,10-11,13H,1,3-9H2.